The number of carbonyl (C=O) groups excluding carboxylic acids is 2. The van der Waals surface area contributed by atoms with E-state index in [-0.39, 0.29) is 17.2 Å². The summed E-state index contributed by atoms with van der Waals surface area (Å²) in [5.41, 5.74) is 3.19. The Morgan fingerprint density at radius 3 is 2.21 bits per heavy atom. The van der Waals surface area contributed by atoms with Crippen LogP contribution in [0.25, 0.3) is 0 Å². The fourth-order valence-corrected chi connectivity index (χ4v) is 1.91. The predicted molar refractivity (Wildman–Crippen MR) is 88.0 cm³/mol. The number of hydrazone groups is 1. The zero-order valence-electron chi connectivity index (χ0n) is 12.7. The normalized spacial score (nSPS) is 10.4. The van der Waals surface area contributed by atoms with E-state index in [9.17, 15) is 19.7 Å². The first-order valence-corrected chi connectivity index (χ1v) is 6.92. The molecule has 122 valence electrons. The minimum Gasteiger partial charge on any atom is -0.355 e. The van der Waals surface area contributed by atoms with Crippen LogP contribution in [0.15, 0.2) is 53.6 Å². The van der Waals surface area contributed by atoms with Gasteiger partial charge in [0.25, 0.3) is 17.5 Å². The Labute approximate surface area is 137 Å². The van der Waals surface area contributed by atoms with Crippen molar-refractivity contribution < 1.29 is 14.5 Å². The molecule has 0 saturated heterocycles. The van der Waals surface area contributed by atoms with Gasteiger partial charge in [0.1, 0.15) is 0 Å². The summed E-state index contributed by atoms with van der Waals surface area (Å²) in [6.45, 7) is 0. The molecule has 0 spiro atoms. The van der Waals surface area contributed by atoms with Crippen molar-refractivity contribution in [3.8, 4) is 0 Å². The first-order valence-electron chi connectivity index (χ1n) is 6.92. The van der Waals surface area contributed by atoms with Crippen molar-refractivity contribution in [2.45, 2.75) is 0 Å². The molecule has 0 aliphatic carbocycles. The van der Waals surface area contributed by atoms with Crippen LogP contribution < -0.4 is 10.7 Å². The lowest BCUT2D eigenvalue weighted by molar-refractivity contribution is -0.385. The highest BCUT2D eigenvalue weighted by atomic mass is 16.6. The Morgan fingerprint density at radius 1 is 1.04 bits per heavy atom. The van der Waals surface area contributed by atoms with Crippen LogP contribution in [-0.2, 0) is 0 Å². The summed E-state index contributed by atoms with van der Waals surface area (Å²) < 4.78 is 0. The van der Waals surface area contributed by atoms with E-state index in [0.29, 0.717) is 11.1 Å². The van der Waals surface area contributed by atoms with Crippen molar-refractivity contribution in [2.75, 3.05) is 7.05 Å². The van der Waals surface area contributed by atoms with E-state index in [2.05, 4.69) is 15.8 Å². The molecule has 0 aliphatic rings. The molecule has 2 N–H and O–H groups in total. The summed E-state index contributed by atoms with van der Waals surface area (Å²) in [5, 5.41) is 17.1. The first kappa shape index (κ1) is 16.8. The van der Waals surface area contributed by atoms with Crippen molar-refractivity contribution >= 4 is 23.7 Å². The van der Waals surface area contributed by atoms with Crippen LogP contribution >= 0.6 is 0 Å². The Hall–Kier alpha value is -3.55. The monoisotopic (exact) mass is 326 g/mol. The van der Waals surface area contributed by atoms with Crippen molar-refractivity contribution in [2.24, 2.45) is 5.10 Å². The SMILES string of the molecule is CNC(=O)c1ccc(C(=O)N/N=C/c2ccccc2[N+](=O)[O-])cc1. The van der Waals surface area contributed by atoms with Crippen molar-refractivity contribution in [3.63, 3.8) is 0 Å². The van der Waals surface area contributed by atoms with Gasteiger partial charge in [-0.05, 0) is 30.3 Å². The van der Waals surface area contributed by atoms with E-state index in [1.54, 1.807) is 12.1 Å². The van der Waals surface area contributed by atoms with E-state index in [0.717, 1.165) is 0 Å². The third kappa shape index (κ3) is 4.01. The van der Waals surface area contributed by atoms with E-state index in [4.69, 9.17) is 0 Å². The Bertz CT molecular complexity index is 800. The van der Waals surface area contributed by atoms with Crippen LogP contribution in [0.4, 0.5) is 5.69 Å². The van der Waals surface area contributed by atoms with Crippen LogP contribution in [0.1, 0.15) is 26.3 Å². The number of hydrogen-bond acceptors (Lipinski definition) is 5. The van der Waals surface area contributed by atoms with Gasteiger partial charge in [-0.25, -0.2) is 5.43 Å². The summed E-state index contributed by atoms with van der Waals surface area (Å²) in [6, 6.07) is 12.0. The van der Waals surface area contributed by atoms with E-state index in [1.807, 2.05) is 0 Å². The molecule has 0 fully saturated rings. The molecule has 0 heterocycles. The topological polar surface area (TPSA) is 114 Å². The minimum atomic E-state index is -0.527. The number of amides is 2. The minimum absolute atomic E-state index is 0.106. The van der Waals surface area contributed by atoms with Crippen molar-refractivity contribution in [3.05, 3.63) is 75.3 Å². The number of rotatable bonds is 5. The number of benzene rings is 2. The average molecular weight is 326 g/mol. The van der Waals surface area contributed by atoms with Crippen molar-refractivity contribution in [1.29, 1.82) is 0 Å². The lowest BCUT2D eigenvalue weighted by Gasteiger charge is -2.02. The van der Waals surface area contributed by atoms with E-state index < -0.39 is 10.8 Å². The number of nitrogens with zero attached hydrogens (tertiary/aromatic N) is 2. The third-order valence-corrected chi connectivity index (χ3v) is 3.14. The van der Waals surface area contributed by atoms with E-state index >= 15 is 0 Å². The summed E-state index contributed by atoms with van der Waals surface area (Å²) in [4.78, 5) is 33.7. The number of nitro groups is 1. The van der Waals surface area contributed by atoms with Gasteiger partial charge in [0.05, 0.1) is 16.7 Å². The predicted octanol–water partition coefficient (Wildman–Crippen LogP) is 1.72. The molecule has 2 aromatic carbocycles. The van der Waals surface area contributed by atoms with Gasteiger partial charge in [-0.15, -0.1) is 0 Å². The molecule has 0 saturated carbocycles. The smallest absolute Gasteiger partial charge is 0.278 e. The molecule has 0 unspecified atom stereocenters. The molecule has 2 amide bonds. The lowest BCUT2D eigenvalue weighted by Crippen LogP contribution is -2.19. The maximum Gasteiger partial charge on any atom is 0.278 e. The summed E-state index contributed by atoms with van der Waals surface area (Å²) in [6.07, 6.45) is 1.20. The average Bonchev–Trinajstić information content (AvgIpc) is 2.61. The Kier molecular flexibility index (Phi) is 5.35. The second-order valence-corrected chi connectivity index (χ2v) is 4.67. The highest BCUT2D eigenvalue weighted by molar-refractivity contribution is 5.98. The largest absolute Gasteiger partial charge is 0.355 e. The maximum atomic E-state index is 11.9. The van der Waals surface area contributed by atoms with Gasteiger partial charge in [0.2, 0.25) is 0 Å². The quantitative estimate of drug-likeness (QED) is 0.494. The molecule has 0 aliphatic heterocycles. The molecule has 2 rings (SSSR count). The molecule has 24 heavy (non-hydrogen) atoms. The van der Waals surface area contributed by atoms with Gasteiger partial charge >= 0.3 is 0 Å². The molecule has 0 aromatic heterocycles. The summed E-state index contributed by atoms with van der Waals surface area (Å²) >= 11 is 0. The number of hydrogen-bond donors (Lipinski definition) is 2. The molecule has 8 heteroatoms. The fourth-order valence-electron chi connectivity index (χ4n) is 1.91. The fraction of sp³-hybridized carbons (Fsp3) is 0.0625. The van der Waals surface area contributed by atoms with Gasteiger partial charge in [0, 0.05) is 24.2 Å². The number of nitrogens with one attached hydrogen (secondary N) is 2. The van der Waals surface area contributed by atoms with Gasteiger partial charge in [-0.3, -0.25) is 19.7 Å². The third-order valence-electron chi connectivity index (χ3n) is 3.14. The van der Waals surface area contributed by atoms with Crippen LogP contribution in [-0.4, -0.2) is 30.0 Å². The molecular weight excluding hydrogens is 312 g/mol. The number of carbonyl (C=O) groups is 2. The maximum absolute atomic E-state index is 11.9. The van der Waals surface area contributed by atoms with E-state index in [1.165, 1.54) is 49.7 Å². The summed E-state index contributed by atoms with van der Waals surface area (Å²) in [7, 11) is 1.51. The second kappa shape index (κ2) is 7.63. The standard InChI is InChI=1S/C16H14N4O4/c1-17-15(21)11-6-8-12(9-7-11)16(22)19-18-10-13-4-2-3-5-14(13)20(23)24/h2-10H,1H3,(H,17,21)(H,19,22)/b18-10+. The van der Waals surface area contributed by atoms with Gasteiger partial charge in [-0.1, -0.05) is 12.1 Å². The number of para-hydroxylation sites is 1. The van der Waals surface area contributed by atoms with Crippen molar-refractivity contribution in [1.82, 2.24) is 10.7 Å². The zero-order valence-corrected chi connectivity index (χ0v) is 12.7. The van der Waals surface area contributed by atoms with Gasteiger partial charge in [0.15, 0.2) is 0 Å². The van der Waals surface area contributed by atoms with Gasteiger partial charge in [-0.2, -0.15) is 5.10 Å². The highest BCUT2D eigenvalue weighted by Gasteiger charge is 2.10. The molecule has 0 bridgehead atoms. The summed E-state index contributed by atoms with van der Waals surface area (Å²) in [5.74, 6) is -0.746. The molecule has 2 aromatic rings. The van der Waals surface area contributed by atoms with Crippen LogP contribution in [0.3, 0.4) is 0 Å². The first-order chi connectivity index (χ1) is 11.5. The molecule has 0 radical (unpaired) electrons. The Balaban J connectivity index is 2.05. The number of nitro benzene ring substituents is 1. The molecular formula is C16H14N4O4. The lowest BCUT2D eigenvalue weighted by atomic mass is 10.1. The Morgan fingerprint density at radius 2 is 1.62 bits per heavy atom. The van der Waals surface area contributed by atoms with Gasteiger partial charge < -0.3 is 5.32 Å². The molecule has 8 nitrogen and oxygen atoms in total. The zero-order chi connectivity index (χ0) is 17.5. The second-order valence-electron chi connectivity index (χ2n) is 4.67. The van der Waals surface area contributed by atoms with Crippen LogP contribution in [0, 0.1) is 10.1 Å². The van der Waals surface area contributed by atoms with Crippen LogP contribution in [0.5, 0.6) is 0 Å². The highest BCUT2D eigenvalue weighted by Crippen LogP contribution is 2.15. The van der Waals surface area contributed by atoms with Crippen LogP contribution in [0.2, 0.25) is 0 Å². The molecule has 0 atom stereocenters.